The van der Waals surface area contributed by atoms with E-state index in [0.717, 1.165) is 12.0 Å². The molecule has 0 bridgehead atoms. The molecule has 25 heavy (non-hydrogen) atoms. The number of rotatable bonds is 6. The van der Waals surface area contributed by atoms with Gasteiger partial charge in [0.15, 0.2) is 5.96 Å². The Balaban J connectivity index is 1.67. The summed E-state index contributed by atoms with van der Waals surface area (Å²) in [5, 5.41) is 6.28. The van der Waals surface area contributed by atoms with E-state index in [1.807, 2.05) is 6.07 Å². The van der Waals surface area contributed by atoms with Gasteiger partial charge in [0.05, 0.1) is 6.54 Å². The van der Waals surface area contributed by atoms with Gasteiger partial charge in [-0.1, -0.05) is 12.1 Å². The number of aliphatic imine (C=N–C) groups is 1. The minimum absolute atomic E-state index is 0.170. The van der Waals surface area contributed by atoms with Gasteiger partial charge in [-0.15, -0.1) is 0 Å². The van der Waals surface area contributed by atoms with Crippen molar-refractivity contribution in [1.82, 2.24) is 15.5 Å². The van der Waals surface area contributed by atoms with Crippen LogP contribution in [-0.4, -0.2) is 56.8 Å². The zero-order chi connectivity index (χ0) is 18.3. The predicted molar refractivity (Wildman–Crippen MR) is 90.1 cm³/mol. The second-order valence-corrected chi connectivity index (χ2v) is 6.26. The molecule has 1 fully saturated rings. The van der Waals surface area contributed by atoms with Crippen molar-refractivity contribution in [3.8, 4) is 0 Å². The average Bonchev–Trinajstić information content (AvgIpc) is 2.96. The lowest BCUT2D eigenvalue weighted by atomic mass is 10.1. The number of halogens is 4. The molecule has 2 N–H and O–H groups in total. The number of likely N-dealkylation sites (tertiary alicyclic amines) is 1. The molecule has 4 nitrogen and oxygen atoms in total. The molecule has 1 aliphatic rings. The summed E-state index contributed by atoms with van der Waals surface area (Å²) < 4.78 is 50.3. The molecule has 140 valence electrons. The smallest absolute Gasteiger partial charge is 0.356 e. The molecular formula is C17H24F4N4. The van der Waals surface area contributed by atoms with E-state index in [1.165, 1.54) is 17.0 Å². The van der Waals surface area contributed by atoms with Crippen molar-refractivity contribution in [1.29, 1.82) is 0 Å². The molecule has 1 saturated heterocycles. The molecule has 2 rings (SSSR count). The number of hydrogen-bond donors (Lipinski definition) is 2. The first kappa shape index (κ1) is 19.5. The summed E-state index contributed by atoms with van der Waals surface area (Å²) in [7, 11) is 1.64. The van der Waals surface area contributed by atoms with Gasteiger partial charge in [-0.25, -0.2) is 4.39 Å². The Morgan fingerprint density at radius 2 is 2.12 bits per heavy atom. The van der Waals surface area contributed by atoms with Gasteiger partial charge in [0.2, 0.25) is 0 Å². The van der Waals surface area contributed by atoms with Gasteiger partial charge in [0.25, 0.3) is 0 Å². The molecule has 8 heteroatoms. The molecule has 0 amide bonds. The van der Waals surface area contributed by atoms with Crippen LogP contribution in [0.15, 0.2) is 29.3 Å². The number of guanidine groups is 1. The van der Waals surface area contributed by atoms with Gasteiger partial charge >= 0.3 is 6.18 Å². The van der Waals surface area contributed by atoms with E-state index in [9.17, 15) is 17.6 Å². The highest BCUT2D eigenvalue weighted by atomic mass is 19.4. The lowest BCUT2D eigenvalue weighted by Gasteiger charge is -2.18. The molecule has 0 saturated carbocycles. The SMILES string of the molecule is CN=C(NCCc1cccc(F)c1)NCC1CCN(CC(F)(F)F)C1. The van der Waals surface area contributed by atoms with Crippen LogP contribution < -0.4 is 10.6 Å². The third-order valence-corrected chi connectivity index (χ3v) is 4.15. The van der Waals surface area contributed by atoms with Gasteiger partial charge in [-0.2, -0.15) is 13.2 Å². The summed E-state index contributed by atoms with van der Waals surface area (Å²) in [6, 6.07) is 6.42. The minimum atomic E-state index is -4.14. The molecule has 0 radical (unpaired) electrons. The molecule has 1 aromatic rings. The highest BCUT2D eigenvalue weighted by Gasteiger charge is 2.34. The van der Waals surface area contributed by atoms with Crippen LogP contribution in [0.2, 0.25) is 0 Å². The fourth-order valence-electron chi connectivity index (χ4n) is 2.96. The van der Waals surface area contributed by atoms with Crippen molar-refractivity contribution in [2.24, 2.45) is 10.9 Å². The quantitative estimate of drug-likeness (QED) is 0.465. The van der Waals surface area contributed by atoms with Crippen molar-refractivity contribution in [3.63, 3.8) is 0 Å². The molecule has 1 heterocycles. The van der Waals surface area contributed by atoms with Crippen LogP contribution in [-0.2, 0) is 6.42 Å². The van der Waals surface area contributed by atoms with Gasteiger partial charge in [-0.3, -0.25) is 9.89 Å². The molecule has 0 aromatic heterocycles. The van der Waals surface area contributed by atoms with E-state index in [-0.39, 0.29) is 11.7 Å². The van der Waals surface area contributed by atoms with Crippen molar-refractivity contribution >= 4 is 5.96 Å². The Labute approximate surface area is 145 Å². The van der Waals surface area contributed by atoms with E-state index in [2.05, 4.69) is 15.6 Å². The largest absolute Gasteiger partial charge is 0.401 e. The Hall–Kier alpha value is -1.83. The minimum Gasteiger partial charge on any atom is -0.356 e. The normalized spacial score (nSPS) is 19.2. The number of benzene rings is 1. The number of nitrogens with one attached hydrogen (secondary N) is 2. The first-order valence-corrected chi connectivity index (χ1v) is 8.34. The Kier molecular flexibility index (Phi) is 7.04. The van der Waals surface area contributed by atoms with Crippen LogP contribution in [0.5, 0.6) is 0 Å². The second-order valence-electron chi connectivity index (χ2n) is 6.26. The third-order valence-electron chi connectivity index (χ3n) is 4.15. The van der Waals surface area contributed by atoms with Crippen LogP contribution in [0.1, 0.15) is 12.0 Å². The fraction of sp³-hybridized carbons (Fsp3) is 0.588. The van der Waals surface area contributed by atoms with E-state index in [4.69, 9.17) is 0 Å². The first-order valence-electron chi connectivity index (χ1n) is 8.34. The zero-order valence-corrected chi connectivity index (χ0v) is 14.2. The highest BCUT2D eigenvalue weighted by Crippen LogP contribution is 2.22. The Morgan fingerprint density at radius 3 is 2.80 bits per heavy atom. The zero-order valence-electron chi connectivity index (χ0n) is 14.2. The van der Waals surface area contributed by atoms with Gasteiger partial charge in [0.1, 0.15) is 5.82 Å². The Morgan fingerprint density at radius 1 is 1.32 bits per heavy atom. The lowest BCUT2D eigenvalue weighted by molar-refractivity contribution is -0.143. The molecular weight excluding hydrogens is 336 g/mol. The lowest BCUT2D eigenvalue weighted by Crippen LogP contribution is -2.41. The van der Waals surface area contributed by atoms with E-state index < -0.39 is 12.7 Å². The second kappa shape index (κ2) is 9.03. The standard InChI is InChI=1S/C17H24F4N4/c1-22-16(23-7-5-13-3-2-4-15(18)9-13)24-10-14-6-8-25(11-14)12-17(19,20)21/h2-4,9,14H,5-8,10-12H2,1H3,(H2,22,23,24). The van der Waals surface area contributed by atoms with Crippen LogP contribution in [0, 0.1) is 11.7 Å². The number of nitrogens with zero attached hydrogens (tertiary/aromatic N) is 2. The van der Waals surface area contributed by atoms with Crippen LogP contribution in [0.3, 0.4) is 0 Å². The van der Waals surface area contributed by atoms with Gasteiger partial charge < -0.3 is 10.6 Å². The van der Waals surface area contributed by atoms with Crippen molar-refractivity contribution in [3.05, 3.63) is 35.6 Å². The third kappa shape index (κ3) is 7.29. The Bertz CT molecular complexity index is 574. The van der Waals surface area contributed by atoms with Crippen molar-refractivity contribution in [2.45, 2.75) is 19.0 Å². The van der Waals surface area contributed by atoms with Crippen LogP contribution in [0.25, 0.3) is 0 Å². The highest BCUT2D eigenvalue weighted by molar-refractivity contribution is 5.79. The number of hydrogen-bond acceptors (Lipinski definition) is 2. The van der Waals surface area contributed by atoms with E-state index >= 15 is 0 Å². The van der Waals surface area contributed by atoms with Crippen LogP contribution >= 0.6 is 0 Å². The first-order chi connectivity index (χ1) is 11.9. The average molecular weight is 360 g/mol. The summed E-state index contributed by atoms with van der Waals surface area (Å²) in [5.41, 5.74) is 0.890. The molecule has 1 unspecified atom stereocenters. The van der Waals surface area contributed by atoms with E-state index in [1.54, 1.807) is 13.1 Å². The van der Waals surface area contributed by atoms with Crippen molar-refractivity contribution < 1.29 is 17.6 Å². The summed E-state index contributed by atoms with van der Waals surface area (Å²) >= 11 is 0. The summed E-state index contributed by atoms with van der Waals surface area (Å²) in [5.74, 6) is 0.513. The molecule has 0 aliphatic carbocycles. The summed E-state index contributed by atoms with van der Waals surface area (Å²) in [6.07, 6.45) is -2.75. The predicted octanol–water partition coefficient (Wildman–Crippen LogP) is 2.42. The molecule has 1 aromatic carbocycles. The number of alkyl halides is 3. The maximum absolute atomic E-state index is 13.1. The van der Waals surface area contributed by atoms with E-state index in [0.29, 0.717) is 38.6 Å². The topological polar surface area (TPSA) is 39.7 Å². The van der Waals surface area contributed by atoms with Gasteiger partial charge in [-0.05, 0) is 43.0 Å². The summed E-state index contributed by atoms with van der Waals surface area (Å²) in [6.45, 7) is 1.23. The molecule has 0 spiro atoms. The molecule has 1 atom stereocenters. The van der Waals surface area contributed by atoms with Gasteiger partial charge in [0, 0.05) is 26.7 Å². The maximum Gasteiger partial charge on any atom is 0.401 e. The molecule has 1 aliphatic heterocycles. The van der Waals surface area contributed by atoms with Crippen molar-refractivity contribution in [2.75, 3.05) is 39.8 Å². The van der Waals surface area contributed by atoms with Crippen LogP contribution in [0.4, 0.5) is 17.6 Å². The maximum atomic E-state index is 13.1. The monoisotopic (exact) mass is 360 g/mol. The fourth-order valence-corrected chi connectivity index (χ4v) is 2.96. The summed E-state index contributed by atoms with van der Waals surface area (Å²) in [4.78, 5) is 5.54.